The average Bonchev–Trinajstić information content (AvgIpc) is 2.74. The van der Waals surface area contributed by atoms with Crippen LogP contribution in [0.4, 0.5) is 0 Å². The van der Waals surface area contributed by atoms with Crippen molar-refractivity contribution < 1.29 is 9.59 Å². The largest absolute Gasteiger partial charge is 0.358 e. The summed E-state index contributed by atoms with van der Waals surface area (Å²) in [6, 6.07) is 0. The van der Waals surface area contributed by atoms with E-state index in [0.29, 0.717) is 36.5 Å². The monoisotopic (exact) mass is 266 g/mol. The van der Waals surface area contributed by atoms with Crippen molar-refractivity contribution in [2.75, 3.05) is 19.5 Å². The van der Waals surface area contributed by atoms with Crippen molar-refractivity contribution in [2.24, 2.45) is 0 Å². The second kappa shape index (κ2) is 5.40. The van der Waals surface area contributed by atoms with Crippen LogP contribution in [0.5, 0.6) is 0 Å². The fourth-order valence-electron chi connectivity index (χ4n) is 2.05. The van der Waals surface area contributed by atoms with Crippen molar-refractivity contribution in [1.29, 1.82) is 0 Å². The molecule has 96 valence electrons. The molecule has 0 fully saturated rings. The van der Waals surface area contributed by atoms with Crippen molar-refractivity contribution in [3.8, 4) is 0 Å². The summed E-state index contributed by atoms with van der Waals surface area (Å²) in [5.41, 5.74) is 1.80. The summed E-state index contributed by atoms with van der Waals surface area (Å²) in [6.45, 7) is 0.469. The molecular weight excluding hydrogens is 252 g/mol. The summed E-state index contributed by atoms with van der Waals surface area (Å²) < 4.78 is 0. The first kappa shape index (κ1) is 12.9. The lowest BCUT2D eigenvalue weighted by Crippen LogP contribution is -2.26. The molecule has 0 atom stereocenters. The molecule has 0 saturated heterocycles. The van der Waals surface area contributed by atoms with Gasteiger partial charge in [0.15, 0.2) is 5.78 Å². The summed E-state index contributed by atoms with van der Waals surface area (Å²) in [4.78, 5) is 28.6. The zero-order valence-electron chi connectivity index (χ0n) is 10.2. The van der Waals surface area contributed by atoms with Crippen LogP contribution >= 0.6 is 11.6 Å². The maximum atomic E-state index is 12.2. The van der Waals surface area contributed by atoms with Gasteiger partial charge in [-0.25, -0.2) is 0 Å². The lowest BCUT2D eigenvalue weighted by atomic mass is 10.1. The second-order valence-corrected chi connectivity index (χ2v) is 4.60. The Labute approximate surface area is 111 Å². The SMILES string of the molecule is CN1CCC(=O)c2[nH]cc(C/C=C/CCl)c2C1=O. The second-order valence-electron chi connectivity index (χ2n) is 4.29. The van der Waals surface area contributed by atoms with E-state index < -0.39 is 0 Å². The van der Waals surface area contributed by atoms with Crippen molar-refractivity contribution in [1.82, 2.24) is 9.88 Å². The van der Waals surface area contributed by atoms with Gasteiger partial charge in [0.05, 0.1) is 11.3 Å². The number of H-pyrrole nitrogens is 1. The van der Waals surface area contributed by atoms with E-state index >= 15 is 0 Å². The number of allylic oxidation sites excluding steroid dienone is 2. The molecule has 0 aromatic carbocycles. The third-order valence-corrected chi connectivity index (χ3v) is 3.25. The van der Waals surface area contributed by atoms with Gasteiger partial charge in [0.1, 0.15) is 0 Å². The van der Waals surface area contributed by atoms with E-state index in [1.165, 1.54) is 0 Å². The topological polar surface area (TPSA) is 53.2 Å². The van der Waals surface area contributed by atoms with Crippen LogP contribution in [-0.4, -0.2) is 41.0 Å². The number of ketones is 1. The predicted molar refractivity (Wildman–Crippen MR) is 70.3 cm³/mol. The van der Waals surface area contributed by atoms with Crippen LogP contribution in [0.15, 0.2) is 18.3 Å². The van der Waals surface area contributed by atoms with Gasteiger partial charge < -0.3 is 9.88 Å². The van der Waals surface area contributed by atoms with Gasteiger partial charge in [0.25, 0.3) is 5.91 Å². The van der Waals surface area contributed by atoms with Gasteiger partial charge in [-0.15, -0.1) is 11.6 Å². The fraction of sp³-hybridized carbons (Fsp3) is 0.385. The molecule has 5 heteroatoms. The van der Waals surface area contributed by atoms with Crippen molar-refractivity contribution in [3.05, 3.63) is 35.2 Å². The molecule has 4 nitrogen and oxygen atoms in total. The number of hydrogen-bond acceptors (Lipinski definition) is 2. The number of aromatic nitrogens is 1. The highest BCUT2D eigenvalue weighted by molar-refractivity contribution is 6.18. The molecule has 2 heterocycles. The van der Waals surface area contributed by atoms with Crippen LogP contribution in [0.1, 0.15) is 32.8 Å². The zero-order chi connectivity index (χ0) is 13.1. The first-order chi connectivity index (χ1) is 8.65. The Morgan fingerprint density at radius 1 is 1.44 bits per heavy atom. The Morgan fingerprint density at radius 2 is 2.22 bits per heavy atom. The van der Waals surface area contributed by atoms with E-state index in [1.54, 1.807) is 18.1 Å². The van der Waals surface area contributed by atoms with Gasteiger partial charge >= 0.3 is 0 Å². The van der Waals surface area contributed by atoms with Crippen molar-refractivity contribution >= 4 is 23.3 Å². The number of amides is 1. The Balaban J connectivity index is 2.38. The molecule has 1 aromatic heterocycles. The summed E-state index contributed by atoms with van der Waals surface area (Å²) in [6.07, 6.45) is 6.43. The van der Waals surface area contributed by atoms with Crippen LogP contribution in [0, 0.1) is 0 Å². The minimum absolute atomic E-state index is 0.00438. The number of Topliss-reactive ketones (excluding diaryl/α,β-unsaturated/α-hetero) is 1. The molecule has 18 heavy (non-hydrogen) atoms. The van der Waals surface area contributed by atoms with E-state index in [1.807, 2.05) is 12.2 Å². The van der Waals surface area contributed by atoms with E-state index in [-0.39, 0.29) is 11.7 Å². The smallest absolute Gasteiger partial charge is 0.256 e. The third-order valence-electron chi connectivity index (χ3n) is 3.07. The van der Waals surface area contributed by atoms with Crippen LogP contribution in [0.2, 0.25) is 0 Å². The highest BCUT2D eigenvalue weighted by Crippen LogP contribution is 2.22. The zero-order valence-corrected chi connectivity index (χ0v) is 11.0. The molecule has 1 aromatic rings. The lowest BCUT2D eigenvalue weighted by molar-refractivity contribution is 0.0797. The van der Waals surface area contributed by atoms with E-state index in [2.05, 4.69) is 4.98 Å². The van der Waals surface area contributed by atoms with Gasteiger partial charge in [-0.3, -0.25) is 9.59 Å². The average molecular weight is 267 g/mol. The number of carbonyl (C=O) groups excluding carboxylic acids is 2. The maximum absolute atomic E-state index is 12.2. The molecule has 2 rings (SSSR count). The maximum Gasteiger partial charge on any atom is 0.256 e. The number of aromatic amines is 1. The van der Waals surface area contributed by atoms with E-state index in [4.69, 9.17) is 11.6 Å². The Hall–Kier alpha value is -1.55. The van der Waals surface area contributed by atoms with E-state index in [9.17, 15) is 9.59 Å². The highest BCUT2D eigenvalue weighted by atomic mass is 35.5. The molecule has 0 spiro atoms. The van der Waals surface area contributed by atoms with Crippen LogP contribution in [0.25, 0.3) is 0 Å². The molecule has 0 saturated carbocycles. The molecule has 0 bridgehead atoms. The number of halogens is 1. The fourth-order valence-corrected chi connectivity index (χ4v) is 2.18. The normalized spacial score (nSPS) is 16.2. The Morgan fingerprint density at radius 3 is 2.94 bits per heavy atom. The Kier molecular flexibility index (Phi) is 3.87. The number of rotatable bonds is 3. The molecular formula is C13H15ClN2O2. The van der Waals surface area contributed by atoms with E-state index in [0.717, 1.165) is 5.56 Å². The highest BCUT2D eigenvalue weighted by Gasteiger charge is 2.28. The molecule has 1 N–H and O–H groups in total. The minimum Gasteiger partial charge on any atom is -0.358 e. The van der Waals surface area contributed by atoms with Crippen LogP contribution in [0.3, 0.4) is 0 Å². The Bertz CT molecular complexity index is 505. The van der Waals surface area contributed by atoms with Gasteiger partial charge in [-0.2, -0.15) is 0 Å². The van der Waals surface area contributed by atoms with Gasteiger partial charge in [-0.1, -0.05) is 12.2 Å². The van der Waals surface area contributed by atoms with Crippen molar-refractivity contribution in [2.45, 2.75) is 12.8 Å². The molecule has 0 aliphatic carbocycles. The molecule has 1 aliphatic heterocycles. The quantitative estimate of drug-likeness (QED) is 0.672. The van der Waals surface area contributed by atoms with Crippen LogP contribution < -0.4 is 0 Å². The number of fused-ring (bicyclic) bond motifs is 1. The summed E-state index contributed by atoms with van der Waals surface area (Å²) >= 11 is 5.56. The first-order valence-corrected chi connectivity index (χ1v) is 6.38. The summed E-state index contributed by atoms with van der Waals surface area (Å²) in [5.74, 6) is 0.348. The van der Waals surface area contributed by atoms with Gasteiger partial charge in [0.2, 0.25) is 0 Å². The summed E-state index contributed by atoms with van der Waals surface area (Å²) in [5, 5.41) is 0. The summed E-state index contributed by atoms with van der Waals surface area (Å²) in [7, 11) is 1.72. The van der Waals surface area contributed by atoms with Gasteiger partial charge in [0, 0.05) is 32.1 Å². The molecule has 1 aliphatic rings. The number of nitrogens with one attached hydrogen (secondary N) is 1. The molecule has 0 unspecified atom stereocenters. The minimum atomic E-state index is -0.0913. The van der Waals surface area contributed by atoms with Crippen molar-refractivity contribution in [3.63, 3.8) is 0 Å². The lowest BCUT2D eigenvalue weighted by Gasteiger charge is -2.13. The number of hydrogen-bond donors (Lipinski definition) is 1. The standard InChI is InChI=1S/C13H15ClN2O2/c1-16-7-5-10(17)12-11(13(16)18)9(8-15-12)4-2-3-6-14/h2-3,8,15H,4-7H2,1H3/b3-2+. The number of carbonyl (C=O) groups is 2. The number of nitrogens with zero attached hydrogens (tertiary/aromatic N) is 1. The molecule has 1 amide bonds. The van der Waals surface area contributed by atoms with Crippen LogP contribution in [-0.2, 0) is 6.42 Å². The molecule has 0 radical (unpaired) electrons. The third kappa shape index (κ3) is 2.34. The number of alkyl halides is 1. The van der Waals surface area contributed by atoms with Gasteiger partial charge in [-0.05, 0) is 12.0 Å². The first-order valence-electron chi connectivity index (χ1n) is 5.85. The predicted octanol–water partition coefficient (Wildman–Crippen LogP) is 2.01.